The molecular formula is C21H23N5O2. The minimum absolute atomic E-state index is 0.0307. The van der Waals surface area contributed by atoms with Gasteiger partial charge in [-0.25, -0.2) is 4.98 Å². The average molecular weight is 377 g/mol. The second-order valence-electron chi connectivity index (χ2n) is 6.89. The molecule has 7 heteroatoms. The number of hydrogen-bond acceptors (Lipinski definition) is 4. The summed E-state index contributed by atoms with van der Waals surface area (Å²) in [6.45, 7) is 4.82. The molecule has 1 N–H and O–H groups in total. The third-order valence-corrected chi connectivity index (χ3v) is 5.10. The van der Waals surface area contributed by atoms with Crippen molar-refractivity contribution in [2.75, 3.05) is 32.7 Å². The average Bonchev–Trinajstić information content (AvgIpc) is 3.22. The molecule has 0 bridgehead atoms. The summed E-state index contributed by atoms with van der Waals surface area (Å²) in [6.07, 6.45) is 5.34. The van der Waals surface area contributed by atoms with Gasteiger partial charge in [-0.05, 0) is 6.07 Å². The monoisotopic (exact) mass is 377 g/mol. The topological polar surface area (TPSA) is 74.2 Å². The Morgan fingerprint density at radius 2 is 1.79 bits per heavy atom. The van der Waals surface area contributed by atoms with E-state index in [1.165, 1.54) is 12.3 Å². The summed E-state index contributed by atoms with van der Waals surface area (Å²) in [5.74, 6) is 0.948. The zero-order chi connectivity index (χ0) is 19.3. The van der Waals surface area contributed by atoms with Crippen molar-refractivity contribution >= 4 is 5.91 Å². The number of carbonyl (C=O) groups is 1. The Hall–Kier alpha value is -3.19. The molecule has 144 valence electrons. The van der Waals surface area contributed by atoms with Gasteiger partial charge in [-0.1, -0.05) is 30.3 Å². The van der Waals surface area contributed by atoms with Gasteiger partial charge in [0.15, 0.2) is 0 Å². The molecule has 1 fully saturated rings. The molecule has 1 saturated heterocycles. The van der Waals surface area contributed by atoms with Crippen LogP contribution in [0, 0.1) is 0 Å². The first-order chi connectivity index (χ1) is 13.7. The standard InChI is InChI=1S/C21H23N5O2/c27-19-7-6-18(16-23-19)21(28)26-14-11-24(12-15-26)10-13-25-9-8-22-20(25)17-4-2-1-3-5-17/h1-9,16H,10-15H2,(H,23,27). The molecule has 0 spiro atoms. The molecule has 1 aliphatic rings. The summed E-state index contributed by atoms with van der Waals surface area (Å²) in [7, 11) is 0. The molecule has 28 heavy (non-hydrogen) atoms. The number of piperazine rings is 1. The largest absolute Gasteiger partial charge is 0.336 e. The van der Waals surface area contributed by atoms with Crippen LogP contribution in [0.15, 0.2) is 65.8 Å². The van der Waals surface area contributed by atoms with Crippen molar-refractivity contribution in [3.05, 3.63) is 77.0 Å². The molecule has 3 aromatic rings. The third kappa shape index (κ3) is 4.04. The highest BCUT2D eigenvalue weighted by Gasteiger charge is 2.22. The molecule has 7 nitrogen and oxygen atoms in total. The number of imidazole rings is 1. The van der Waals surface area contributed by atoms with Crippen molar-refractivity contribution in [1.29, 1.82) is 0 Å². The van der Waals surface area contributed by atoms with Crippen molar-refractivity contribution in [2.24, 2.45) is 0 Å². The number of rotatable bonds is 5. The van der Waals surface area contributed by atoms with Crippen LogP contribution < -0.4 is 5.56 Å². The van der Waals surface area contributed by atoms with Crippen LogP contribution in [0.2, 0.25) is 0 Å². The van der Waals surface area contributed by atoms with Crippen molar-refractivity contribution in [3.8, 4) is 11.4 Å². The van der Waals surface area contributed by atoms with Gasteiger partial charge in [0.05, 0.1) is 5.56 Å². The van der Waals surface area contributed by atoms with Crippen molar-refractivity contribution in [3.63, 3.8) is 0 Å². The highest BCUT2D eigenvalue weighted by atomic mass is 16.2. The molecule has 1 aliphatic heterocycles. The SMILES string of the molecule is O=C(c1ccc(=O)[nH]c1)N1CCN(CCn2ccnc2-c2ccccc2)CC1. The highest BCUT2D eigenvalue weighted by Crippen LogP contribution is 2.17. The maximum absolute atomic E-state index is 12.5. The molecule has 0 unspecified atom stereocenters. The Balaban J connectivity index is 1.31. The van der Waals surface area contributed by atoms with E-state index in [1.54, 1.807) is 6.07 Å². The Morgan fingerprint density at radius 1 is 1.00 bits per heavy atom. The zero-order valence-electron chi connectivity index (χ0n) is 15.6. The van der Waals surface area contributed by atoms with Gasteiger partial charge in [-0.2, -0.15) is 0 Å². The molecule has 0 aliphatic carbocycles. The molecule has 1 aromatic carbocycles. The zero-order valence-corrected chi connectivity index (χ0v) is 15.6. The summed E-state index contributed by atoms with van der Waals surface area (Å²) in [6, 6.07) is 13.2. The van der Waals surface area contributed by atoms with E-state index in [2.05, 4.69) is 31.6 Å². The Labute approximate surface area is 163 Å². The van der Waals surface area contributed by atoms with Crippen LogP contribution in [-0.2, 0) is 6.54 Å². The second kappa shape index (κ2) is 8.22. The maximum Gasteiger partial charge on any atom is 0.255 e. The fourth-order valence-corrected chi connectivity index (χ4v) is 3.49. The first-order valence-corrected chi connectivity index (χ1v) is 9.47. The lowest BCUT2D eigenvalue weighted by molar-refractivity contribution is 0.0633. The van der Waals surface area contributed by atoms with E-state index in [9.17, 15) is 9.59 Å². The molecule has 3 heterocycles. The van der Waals surface area contributed by atoms with E-state index in [1.807, 2.05) is 35.5 Å². The molecular weight excluding hydrogens is 354 g/mol. The van der Waals surface area contributed by atoms with E-state index < -0.39 is 0 Å². The minimum Gasteiger partial charge on any atom is -0.336 e. The number of aromatic amines is 1. The number of nitrogens with zero attached hydrogens (tertiary/aromatic N) is 4. The first kappa shape index (κ1) is 18.2. The van der Waals surface area contributed by atoms with Gasteiger partial charge in [0, 0.05) is 69.5 Å². The Bertz CT molecular complexity index is 967. The van der Waals surface area contributed by atoms with Gasteiger partial charge in [-0.15, -0.1) is 0 Å². The Morgan fingerprint density at radius 3 is 2.50 bits per heavy atom. The molecule has 0 saturated carbocycles. The van der Waals surface area contributed by atoms with Crippen LogP contribution in [-0.4, -0.2) is 63.0 Å². The quantitative estimate of drug-likeness (QED) is 0.734. The van der Waals surface area contributed by atoms with Gasteiger partial charge < -0.3 is 14.5 Å². The van der Waals surface area contributed by atoms with Crippen LogP contribution in [0.5, 0.6) is 0 Å². The fraction of sp³-hybridized carbons (Fsp3) is 0.286. The van der Waals surface area contributed by atoms with Gasteiger partial charge in [0.1, 0.15) is 5.82 Å². The number of amides is 1. The maximum atomic E-state index is 12.5. The summed E-state index contributed by atoms with van der Waals surface area (Å²) in [5.41, 5.74) is 1.44. The predicted molar refractivity (Wildman–Crippen MR) is 107 cm³/mol. The fourth-order valence-electron chi connectivity index (χ4n) is 3.49. The lowest BCUT2D eigenvalue weighted by atomic mass is 10.2. The number of benzene rings is 1. The molecule has 0 atom stereocenters. The van der Waals surface area contributed by atoms with Crippen molar-refractivity contribution in [1.82, 2.24) is 24.3 Å². The van der Waals surface area contributed by atoms with Crippen LogP contribution in [0.4, 0.5) is 0 Å². The van der Waals surface area contributed by atoms with Crippen molar-refractivity contribution < 1.29 is 4.79 Å². The smallest absolute Gasteiger partial charge is 0.255 e. The number of aromatic nitrogens is 3. The molecule has 1 amide bonds. The number of hydrogen-bond donors (Lipinski definition) is 1. The van der Waals surface area contributed by atoms with E-state index in [0.717, 1.165) is 37.6 Å². The molecule has 0 radical (unpaired) electrons. The number of nitrogens with one attached hydrogen (secondary N) is 1. The van der Waals surface area contributed by atoms with E-state index in [0.29, 0.717) is 18.7 Å². The predicted octanol–water partition coefficient (Wildman–Crippen LogP) is 1.70. The van der Waals surface area contributed by atoms with Crippen LogP contribution >= 0.6 is 0 Å². The Kier molecular flexibility index (Phi) is 5.34. The van der Waals surface area contributed by atoms with Crippen LogP contribution in [0.1, 0.15) is 10.4 Å². The lowest BCUT2D eigenvalue weighted by Gasteiger charge is -2.34. The van der Waals surface area contributed by atoms with Crippen LogP contribution in [0.3, 0.4) is 0 Å². The molecule has 4 rings (SSSR count). The van der Waals surface area contributed by atoms with E-state index >= 15 is 0 Å². The highest BCUT2D eigenvalue weighted by molar-refractivity contribution is 5.93. The minimum atomic E-state index is -0.198. The van der Waals surface area contributed by atoms with Gasteiger partial charge in [0.25, 0.3) is 5.91 Å². The summed E-state index contributed by atoms with van der Waals surface area (Å²) < 4.78 is 2.17. The number of H-pyrrole nitrogens is 1. The van der Waals surface area contributed by atoms with Gasteiger partial charge in [0.2, 0.25) is 5.56 Å². The third-order valence-electron chi connectivity index (χ3n) is 5.10. The summed E-state index contributed by atoms with van der Waals surface area (Å²) >= 11 is 0. The van der Waals surface area contributed by atoms with E-state index in [-0.39, 0.29) is 11.5 Å². The second-order valence-corrected chi connectivity index (χ2v) is 6.89. The number of carbonyl (C=O) groups excluding carboxylic acids is 1. The first-order valence-electron chi connectivity index (χ1n) is 9.47. The molecule has 2 aromatic heterocycles. The number of pyridine rings is 1. The summed E-state index contributed by atoms with van der Waals surface area (Å²) in [5, 5.41) is 0. The normalized spacial score (nSPS) is 14.9. The van der Waals surface area contributed by atoms with Gasteiger partial charge >= 0.3 is 0 Å². The van der Waals surface area contributed by atoms with Gasteiger partial charge in [-0.3, -0.25) is 14.5 Å². The van der Waals surface area contributed by atoms with Crippen molar-refractivity contribution in [2.45, 2.75) is 6.54 Å². The lowest BCUT2D eigenvalue weighted by Crippen LogP contribution is -2.49. The van der Waals surface area contributed by atoms with Crippen LogP contribution in [0.25, 0.3) is 11.4 Å². The summed E-state index contributed by atoms with van der Waals surface area (Å²) in [4.78, 5) is 35.0. The van der Waals surface area contributed by atoms with E-state index in [4.69, 9.17) is 0 Å².